The molecule has 1 saturated heterocycles. The molecule has 1 aromatic heterocycles. The highest BCUT2D eigenvalue weighted by atomic mass is 16.5. The van der Waals surface area contributed by atoms with Crippen molar-refractivity contribution in [3.05, 3.63) is 60.6 Å². The monoisotopic (exact) mass is 506 g/mol. The van der Waals surface area contributed by atoms with Crippen molar-refractivity contribution in [2.75, 3.05) is 24.4 Å². The molecule has 37 heavy (non-hydrogen) atoms. The number of nitrogens with one attached hydrogen (secondary N) is 3. The summed E-state index contributed by atoms with van der Waals surface area (Å²) in [6, 6.07) is 12.3. The Hall–Kier alpha value is -4.18. The van der Waals surface area contributed by atoms with Gasteiger partial charge in [0.1, 0.15) is 11.9 Å². The summed E-state index contributed by atoms with van der Waals surface area (Å²) < 4.78 is 16.1. The second kappa shape index (κ2) is 11.3. The Morgan fingerprint density at radius 1 is 1.05 bits per heavy atom. The van der Waals surface area contributed by atoms with E-state index in [1.54, 1.807) is 24.4 Å². The van der Waals surface area contributed by atoms with Gasteiger partial charge in [0.2, 0.25) is 0 Å². The molecule has 0 radical (unpaired) electrons. The summed E-state index contributed by atoms with van der Waals surface area (Å²) in [7, 11) is 1.50. The van der Waals surface area contributed by atoms with Gasteiger partial charge in [-0.1, -0.05) is 12.1 Å². The van der Waals surface area contributed by atoms with Crippen molar-refractivity contribution >= 4 is 29.1 Å². The molecule has 4 rings (SSSR count). The van der Waals surface area contributed by atoms with Crippen molar-refractivity contribution in [1.29, 1.82) is 0 Å². The molecule has 3 aromatic rings. The molecular formula is C27H30N4O6. The Kier molecular flexibility index (Phi) is 7.88. The molecule has 1 atom stereocenters. The van der Waals surface area contributed by atoms with E-state index >= 15 is 0 Å². The lowest BCUT2D eigenvalue weighted by Gasteiger charge is -2.26. The first-order chi connectivity index (χ1) is 17.7. The molecule has 10 nitrogen and oxygen atoms in total. The van der Waals surface area contributed by atoms with Crippen LogP contribution in [-0.4, -0.2) is 48.1 Å². The molecule has 0 bridgehead atoms. The minimum Gasteiger partial charge on any atom is -0.496 e. The predicted molar refractivity (Wildman–Crippen MR) is 137 cm³/mol. The zero-order chi connectivity index (χ0) is 26.4. The number of nitrogens with zero attached hydrogens (tertiary/aromatic N) is 1. The number of rotatable bonds is 8. The highest BCUT2D eigenvalue weighted by molar-refractivity contribution is 6.39. The highest BCUT2D eigenvalue weighted by Crippen LogP contribution is 2.32. The van der Waals surface area contributed by atoms with Crippen molar-refractivity contribution in [1.82, 2.24) is 10.3 Å². The summed E-state index contributed by atoms with van der Waals surface area (Å²) in [6.07, 6.45) is 4.57. The number of hydrogen-bond donors (Lipinski definition) is 3. The van der Waals surface area contributed by atoms with Gasteiger partial charge in [-0.25, -0.2) is 4.98 Å². The number of carbonyl (C=O) groups is 3. The van der Waals surface area contributed by atoms with Gasteiger partial charge < -0.3 is 29.8 Å². The Labute approximate surface area is 214 Å². The normalized spacial score (nSPS) is 15.2. The van der Waals surface area contributed by atoms with E-state index in [9.17, 15) is 14.4 Å². The first-order valence-electron chi connectivity index (χ1n) is 12.0. The van der Waals surface area contributed by atoms with Gasteiger partial charge in [-0.05, 0) is 62.9 Å². The second-order valence-corrected chi connectivity index (χ2v) is 9.44. The number of oxazole rings is 1. The number of ether oxygens (including phenoxy) is 2. The van der Waals surface area contributed by atoms with E-state index in [2.05, 4.69) is 20.9 Å². The summed E-state index contributed by atoms with van der Waals surface area (Å²) >= 11 is 0. The number of benzene rings is 2. The maximum Gasteiger partial charge on any atom is 0.313 e. The number of carbonyl (C=O) groups excluding carboxylic acids is 3. The summed E-state index contributed by atoms with van der Waals surface area (Å²) in [5.41, 5.74) is 1.98. The highest BCUT2D eigenvalue weighted by Gasteiger charge is 2.26. The number of hydrogen-bond acceptors (Lipinski definition) is 7. The Balaban J connectivity index is 1.31. The predicted octanol–water partition coefficient (Wildman–Crippen LogP) is 3.54. The standard InChI is InChI=1S/C27H30N4O6/c1-27(2,14-17-6-8-18(9-7-17)29-24(32)21-5-4-12-36-21)31-26(34)25(33)30-19-10-11-20(22(13-19)35-3)23-15-28-16-37-23/h6-11,13,15-16,21H,4-5,12,14H2,1-3H3,(H,29,32)(H,30,33)(H,31,34). The maximum absolute atomic E-state index is 12.6. The fourth-order valence-electron chi connectivity index (χ4n) is 4.14. The lowest BCUT2D eigenvalue weighted by molar-refractivity contribution is -0.137. The smallest absolute Gasteiger partial charge is 0.313 e. The average molecular weight is 507 g/mol. The summed E-state index contributed by atoms with van der Waals surface area (Å²) in [6.45, 7) is 4.28. The third-order valence-electron chi connectivity index (χ3n) is 5.90. The molecule has 3 N–H and O–H groups in total. The van der Waals surface area contributed by atoms with Crippen molar-refractivity contribution < 1.29 is 28.3 Å². The van der Waals surface area contributed by atoms with Crippen molar-refractivity contribution in [3.8, 4) is 17.1 Å². The molecule has 194 valence electrons. The SMILES string of the molecule is COc1cc(NC(=O)C(=O)NC(C)(C)Cc2ccc(NC(=O)C3CCCO3)cc2)ccc1-c1cnco1. The Morgan fingerprint density at radius 2 is 1.81 bits per heavy atom. The van der Waals surface area contributed by atoms with Crippen LogP contribution in [0.2, 0.25) is 0 Å². The zero-order valence-electron chi connectivity index (χ0n) is 21.0. The van der Waals surface area contributed by atoms with Gasteiger partial charge in [0, 0.05) is 29.6 Å². The van der Waals surface area contributed by atoms with Gasteiger partial charge in [0.15, 0.2) is 12.2 Å². The molecule has 0 spiro atoms. The van der Waals surface area contributed by atoms with Crippen LogP contribution in [0.1, 0.15) is 32.3 Å². The van der Waals surface area contributed by atoms with Gasteiger partial charge in [-0.2, -0.15) is 0 Å². The van der Waals surface area contributed by atoms with Gasteiger partial charge >= 0.3 is 11.8 Å². The molecule has 0 saturated carbocycles. The molecule has 1 aliphatic heterocycles. The van der Waals surface area contributed by atoms with Crippen LogP contribution in [0, 0.1) is 0 Å². The fourth-order valence-corrected chi connectivity index (χ4v) is 4.14. The van der Waals surface area contributed by atoms with Crippen LogP contribution < -0.4 is 20.7 Å². The van der Waals surface area contributed by atoms with Gasteiger partial charge in [0.25, 0.3) is 5.91 Å². The summed E-state index contributed by atoms with van der Waals surface area (Å²) in [4.78, 5) is 41.3. The van der Waals surface area contributed by atoms with E-state index in [1.165, 1.54) is 13.5 Å². The van der Waals surface area contributed by atoms with Crippen LogP contribution >= 0.6 is 0 Å². The van der Waals surface area contributed by atoms with E-state index in [-0.39, 0.29) is 5.91 Å². The summed E-state index contributed by atoms with van der Waals surface area (Å²) in [5.74, 6) is -0.717. The molecule has 10 heteroatoms. The number of anilines is 2. The fraction of sp³-hybridized carbons (Fsp3) is 0.333. The van der Waals surface area contributed by atoms with Crippen molar-refractivity contribution in [2.45, 2.75) is 44.8 Å². The van der Waals surface area contributed by atoms with Crippen LogP contribution in [0.5, 0.6) is 5.75 Å². The van der Waals surface area contributed by atoms with E-state index in [1.807, 2.05) is 38.1 Å². The first-order valence-corrected chi connectivity index (χ1v) is 12.0. The number of amides is 3. The lowest BCUT2D eigenvalue weighted by Crippen LogP contribution is -2.49. The topological polar surface area (TPSA) is 132 Å². The molecule has 0 aliphatic carbocycles. The molecular weight excluding hydrogens is 476 g/mol. The molecule has 3 amide bonds. The second-order valence-electron chi connectivity index (χ2n) is 9.44. The lowest BCUT2D eigenvalue weighted by atomic mass is 9.94. The molecule has 1 unspecified atom stereocenters. The first kappa shape index (κ1) is 25.9. The quantitative estimate of drug-likeness (QED) is 0.398. The third-order valence-corrected chi connectivity index (χ3v) is 5.90. The molecule has 2 aromatic carbocycles. The largest absolute Gasteiger partial charge is 0.496 e. The van der Waals surface area contributed by atoms with E-state index < -0.39 is 23.5 Å². The molecule has 1 aliphatic rings. The van der Waals surface area contributed by atoms with Gasteiger partial charge in [-0.15, -0.1) is 0 Å². The van der Waals surface area contributed by atoms with Crippen LogP contribution in [0.15, 0.2) is 59.5 Å². The van der Waals surface area contributed by atoms with Crippen molar-refractivity contribution in [3.63, 3.8) is 0 Å². The van der Waals surface area contributed by atoms with Gasteiger partial charge in [0.05, 0.1) is 18.9 Å². The van der Waals surface area contributed by atoms with Crippen LogP contribution in [0.3, 0.4) is 0 Å². The number of methoxy groups -OCH3 is 1. The minimum atomic E-state index is -0.797. The van der Waals surface area contributed by atoms with E-state index in [4.69, 9.17) is 13.9 Å². The van der Waals surface area contributed by atoms with Crippen LogP contribution in [-0.2, 0) is 25.5 Å². The zero-order valence-corrected chi connectivity index (χ0v) is 21.0. The van der Waals surface area contributed by atoms with E-state index in [0.717, 1.165) is 18.4 Å². The maximum atomic E-state index is 12.6. The van der Waals surface area contributed by atoms with Crippen molar-refractivity contribution in [2.24, 2.45) is 0 Å². The minimum absolute atomic E-state index is 0.144. The van der Waals surface area contributed by atoms with Gasteiger partial charge in [-0.3, -0.25) is 14.4 Å². The summed E-state index contributed by atoms with van der Waals surface area (Å²) in [5, 5.41) is 8.24. The average Bonchev–Trinajstić information content (AvgIpc) is 3.59. The molecule has 1 fully saturated rings. The van der Waals surface area contributed by atoms with E-state index in [0.29, 0.717) is 41.5 Å². The number of aromatic nitrogens is 1. The van der Waals surface area contributed by atoms with Crippen LogP contribution in [0.4, 0.5) is 11.4 Å². The third kappa shape index (κ3) is 6.73. The Morgan fingerprint density at radius 3 is 2.46 bits per heavy atom. The molecule has 2 heterocycles. The van der Waals surface area contributed by atoms with Crippen LogP contribution in [0.25, 0.3) is 11.3 Å². The Bertz CT molecular complexity index is 1250.